The van der Waals surface area contributed by atoms with E-state index in [1.54, 1.807) is 6.92 Å². The van der Waals surface area contributed by atoms with Crippen molar-refractivity contribution in [3.05, 3.63) is 39.4 Å². The summed E-state index contributed by atoms with van der Waals surface area (Å²) in [4.78, 5) is 49.2. The third-order valence-corrected chi connectivity index (χ3v) is 5.81. The Morgan fingerprint density at radius 1 is 1.33 bits per heavy atom. The van der Waals surface area contributed by atoms with Crippen LogP contribution in [0.3, 0.4) is 0 Å². The molecule has 2 fully saturated rings. The van der Waals surface area contributed by atoms with Crippen LogP contribution in [0.2, 0.25) is 0 Å². The van der Waals surface area contributed by atoms with Crippen molar-refractivity contribution >= 4 is 23.4 Å². The van der Waals surface area contributed by atoms with Gasteiger partial charge in [0.15, 0.2) is 5.78 Å². The normalized spacial score (nSPS) is 25.0. The van der Waals surface area contributed by atoms with Crippen molar-refractivity contribution in [3.8, 4) is 0 Å². The van der Waals surface area contributed by atoms with Gasteiger partial charge in [-0.1, -0.05) is 25.5 Å². The molecule has 1 saturated carbocycles. The Kier molecular flexibility index (Phi) is 4.99. The predicted octanol–water partition coefficient (Wildman–Crippen LogP) is 2.98. The van der Waals surface area contributed by atoms with Gasteiger partial charge in [0.2, 0.25) is 0 Å². The third-order valence-electron chi connectivity index (χ3n) is 5.81. The van der Waals surface area contributed by atoms with Gasteiger partial charge in [0.05, 0.1) is 11.5 Å². The molecule has 1 saturated heterocycles. The van der Waals surface area contributed by atoms with Crippen LogP contribution in [0.1, 0.15) is 54.9 Å². The molecular formula is C19H23N3O5. The second kappa shape index (κ2) is 7.09. The van der Waals surface area contributed by atoms with Gasteiger partial charge in [-0.15, -0.1) is 0 Å². The molecule has 1 spiro atoms. The number of carbonyl (C=O) groups is 3. The van der Waals surface area contributed by atoms with Crippen LogP contribution in [0.25, 0.3) is 0 Å². The number of nitrogens with zero attached hydrogens (tertiary/aromatic N) is 2. The van der Waals surface area contributed by atoms with E-state index < -0.39 is 28.8 Å². The number of hydrogen-bond donors (Lipinski definition) is 1. The predicted molar refractivity (Wildman–Crippen MR) is 97.4 cm³/mol. The molecule has 2 aliphatic rings. The fraction of sp³-hybridized carbons (Fsp3) is 0.526. The minimum absolute atomic E-state index is 0.114. The Morgan fingerprint density at radius 2 is 2.00 bits per heavy atom. The van der Waals surface area contributed by atoms with E-state index in [2.05, 4.69) is 12.2 Å². The van der Waals surface area contributed by atoms with E-state index in [4.69, 9.17) is 0 Å². The second-order valence-electron chi connectivity index (χ2n) is 7.44. The second-order valence-corrected chi connectivity index (χ2v) is 7.44. The van der Waals surface area contributed by atoms with Crippen molar-refractivity contribution in [2.75, 3.05) is 6.54 Å². The van der Waals surface area contributed by atoms with Gasteiger partial charge in [-0.25, -0.2) is 4.79 Å². The molecule has 0 unspecified atom stereocenters. The summed E-state index contributed by atoms with van der Waals surface area (Å²) in [7, 11) is 0. The van der Waals surface area contributed by atoms with Crippen LogP contribution in [0, 0.1) is 23.0 Å². The lowest BCUT2D eigenvalue weighted by Gasteiger charge is -2.34. The Balaban J connectivity index is 1.75. The summed E-state index contributed by atoms with van der Waals surface area (Å²) < 4.78 is 0. The van der Waals surface area contributed by atoms with Gasteiger partial charge in [-0.05, 0) is 38.5 Å². The van der Waals surface area contributed by atoms with Crippen molar-refractivity contribution in [2.45, 2.75) is 51.5 Å². The van der Waals surface area contributed by atoms with E-state index in [1.165, 1.54) is 18.2 Å². The Hall–Kier alpha value is -2.77. The molecule has 0 bridgehead atoms. The molecule has 1 aromatic rings. The van der Waals surface area contributed by atoms with Crippen LogP contribution in [-0.2, 0) is 4.79 Å². The molecule has 8 heteroatoms. The van der Waals surface area contributed by atoms with E-state index in [9.17, 15) is 24.5 Å². The molecule has 3 rings (SSSR count). The zero-order chi connectivity index (χ0) is 19.8. The number of benzene rings is 1. The maximum absolute atomic E-state index is 12.9. The molecule has 1 N–H and O–H groups in total. The molecule has 8 nitrogen and oxygen atoms in total. The molecule has 1 aromatic carbocycles. The fourth-order valence-corrected chi connectivity index (χ4v) is 3.95. The van der Waals surface area contributed by atoms with Crippen LogP contribution in [-0.4, -0.2) is 39.6 Å². The van der Waals surface area contributed by atoms with Gasteiger partial charge in [-0.3, -0.25) is 24.6 Å². The number of Topliss-reactive ketones (excluding diaryl/α,β-unsaturated/α-hetero) is 1. The highest BCUT2D eigenvalue weighted by atomic mass is 16.6. The van der Waals surface area contributed by atoms with Gasteiger partial charge in [0, 0.05) is 17.2 Å². The molecule has 0 aromatic heterocycles. The molecule has 0 radical (unpaired) electrons. The first kappa shape index (κ1) is 19.0. The molecule has 27 heavy (non-hydrogen) atoms. The average molecular weight is 373 g/mol. The number of hydrogen-bond acceptors (Lipinski definition) is 5. The highest BCUT2D eigenvalue weighted by Gasteiger charge is 2.52. The smallest absolute Gasteiger partial charge is 0.323 e. The maximum Gasteiger partial charge on any atom is 0.325 e. The molecule has 3 amide bonds. The van der Waals surface area contributed by atoms with Crippen LogP contribution >= 0.6 is 0 Å². The summed E-state index contributed by atoms with van der Waals surface area (Å²) in [5.41, 5.74) is -0.503. The number of ketones is 1. The zero-order valence-corrected chi connectivity index (χ0v) is 15.5. The number of amides is 3. The summed E-state index contributed by atoms with van der Waals surface area (Å²) >= 11 is 0. The monoisotopic (exact) mass is 373 g/mol. The van der Waals surface area contributed by atoms with Gasteiger partial charge in [-0.2, -0.15) is 0 Å². The number of urea groups is 1. The van der Waals surface area contributed by atoms with Crippen molar-refractivity contribution in [3.63, 3.8) is 0 Å². The number of rotatable bonds is 5. The van der Waals surface area contributed by atoms with Gasteiger partial charge in [0.25, 0.3) is 11.6 Å². The third kappa shape index (κ3) is 3.43. The summed E-state index contributed by atoms with van der Waals surface area (Å²) in [6.45, 7) is 3.29. The van der Waals surface area contributed by atoms with Crippen LogP contribution in [0.4, 0.5) is 10.5 Å². The Labute approximate surface area is 157 Å². The highest BCUT2D eigenvalue weighted by Crippen LogP contribution is 2.37. The van der Waals surface area contributed by atoms with Gasteiger partial charge >= 0.3 is 6.03 Å². The number of nitro groups is 1. The maximum atomic E-state index is 12.9. The van der Waals surface area contributed by atoms with Gasteiger partial charge in [0.1, 0.15) is 5.54 Å². The van der Waals surface area contributed by atoms with Crippen molar-refractivity contribution in [1.82, 2.24) is 10.2 Å². The lowest BCUT2D eigenvalue weighted by atomic mass is 9.75. The SMILES string of the molecule is CCC1CCC2(CC1)NC(=O)N(CC(=O)c1ccc(C)c([N+](=O)[O-])c1)C2=O. The molecule has 1 heterocycles. The zero-order valence-electron chi connectivity index (χ0n) is 15.5. The average Bonchev–Trinajstić information content (AvgIpc) is 2.86. The van der Waals surface area contributed by atoms with E-state index in [0.717, 1.165) is 24.2 Å². The molecular weight excluding hydrogens is 350 g/mol. The number of imide groups is 1. The summed E-state index contributed by atoms with van der Waals surface area (Å²) in [6.07, 6.45) is 3.95. The largest absolute Gasteiger partial charge is 0.325 e. The minimum atomic E-state index is -0.900. The highest BCUT2D eigenvalue weighted by molar-refractivity contribution is 6.11. The molecule has 1 aliphatic carbocycles. The molecule has 0 atom stereocenters. The molecule has 144 valence electrons. The van der Waals surface area contributed by atoms with Gasteiger partial charge < -0.3 is 5.32 Å². The van der Waals surface area contributed by atoms with Crippen LogP contribution < -0.4 is 5.32 Å². The van der Waals surface area contributed by atoms with E-state index in [0.29, 0.717) is 24.3 Å². The first-order chi connectivity index (χ1) is 12.8. The number of nitro benzene ring substituents is 1. The van der Waals surface area contributed by atoms with E-state index in [-0.39, 0.29) is 17.2 Å². The lowest BCUT2D eigenvalue weighted by molar-refractivity contribution is -0.385. The summed E-state index contributed by atoms with van der Waals surface area (Å²) in [6, 6.07) is 3.60. The Morgan fingerprint density at radius 3 is 2.59 bits per heavy atom. The van der Waals surface area contributed by atoms with E-state index in [1.807, 2.05) is 0 Å². The van der Waals surface area contributed by atoms with Crippen LogP contribution in [0.15, 0.2) is 18.2 Å². The summed E-state index contributed by atoms with van der Waals surface area (Å²) in [5, 5.41) is 13.9. The topological polar surface area (TPSA) is 110 Å². The van der Waals surface area contributed by atoms with Crippen molar-refractivity contribution in [1.29, 1.82) is 0 Å². The Bertz CT molecular complexity index is 812. The van der Waals surface area contributed by atoms with E-state index >= 15 is 0 Å². The lowest BCUT2D eigenvalue weighted by Crippen LogP contribution is -2.49. The standard InChI is InChI=1S/C19H23N3O5/c1-3-13-6-8-19(9-7-13)17(24)21(18(25)20-19)11-16(23)14-5-4-12(2)15(10-14)22(26)27/h4-5,10,13H,3,6-9,11H2,1-2H3,(H,20,25). The van der Waals surface area contributed by atoms with Crippen molar-refractivity contribution in [2.24, 2.45) is 5.92 Å². The van der Waals surface area contributed by atoms with Crippen molar-refractivity contribution < 1.29 is 19.3 Å². The number of nitrogens with one attached hydrogen (secondary N) is 1. The first-order valence-corrected chi connectivity index (χ1v) is 9.20. The fourth-order valence-electron chi connectivity index (χ4n) is 3.95. The first-order valence-electron chi connectivity index (χ1n) is 9.20. The quantitative estimate of drug-likeness (QED) is 0.369. The summed E-state index contributed by atoms with van der Waals surface area (Å²) in [5.74, 6) is -0.304. The molecule has 1 aliphatic heterocycles. The number of aryl methyl sites for hydroxylation is 1. The minimum Gasteiger partial charge on any atom is -0.323 e. The number of carbonyl (C=O) groups excluding carboxylic acids is 3. The van der Waals surface area contributed by atoms with Crippen LogP contribution in [0.5, 0.6) is 0 Å².